The van der Waals surface area contributed by atoms with E-state index in [1.165, 1.54) is 16.3 Å². The molecule has 0 unspecified atom stereocenters. The van der Waals surface area contributed by atoms with Gasteiger partial charge in [0, 0.05) is 30.6 Å². The minimum Gasteiger partial charge on any atom is -0.310 e. The van der Waals surface area contributed by atoms with Crippen molar-refractivity contribution >= 4 is 34.3 Å². The zero-order valence-electron chi connectivity index (χ0n) is 8.86. The van der Waals surface area contributed by atoms with Gasteiger partial charge in [0.2, 0.25) is 0 Å². The van der Waals surface area contributed by atoms with Gasteiger partial charge in [-0.25, -0.2) is 9.97 Å². The molecule has 0 aliphatic carbocycles. The molecule has 3 nitrogen and oxygen atoms in total. The van der Waals surface area contributed by atoms with E-state index in [4.69, 9.17) is 11.6 Å². The van der Waals surface area contributed by atoms with Crippen molar-refractivity contribution in [2.24, 2.45) is 0 Å². The van der Waals surface area contributed by atoms with E-state index in [-0.39, 0.29) is 0 Å². The highest BCUT2D eigenvalue weighted by Crippen LogP contribution is 2.17. The van der Waals surface area contributed by atoms with E-state index in [0.29, 0.717) is 0 Å². The van der Waals surface area contributed by atoms with Crippen LogP contribution in [0.1, 0.15) is 15.7 Å². The van der Waals surface area contributed by atoms with Gasteiger partial charge in [0.05, 0.1) is 11.2 Å². The summed E-state index contributed by atoms with van der Waals surface area (Å²) in [4.78, 5) is 8.58. The largest absolute Gasteiger partial charge is 0.310 e. The van der Waals surface area contributed by atoms with E-state index < -0.39 is 0 Å². The molecule has 0 bridgehead atoms. The summed E-state index contributed by atoms with van der Waals surface area (Å²) in [5.41, 5.74) is 1.10. The average Bonchev–Trinajstić information content (AvgIpc) is 2.83. The van der Waals surface area contributed by atoms with Gasteiger partial charge in [0.15, 0.2) is 0 Å². The summed E-state index contributed by atoms with van der Waals surface area (Å²) in [5, 5.41) is 7.62. The van der Waals surface area contributed by atoms with Gasteiger partial charge in [-0.2, -0.15) is 0 Å². The van der Waals surface area contributed by atoms with E-state index in [1.807, 2.05) is 6.92 Å². The van der Waals surface area contributed by atoms with E-state index >= 15 is 0 Å². The summed E-state index contributed by atoms with van der Waals surface area (Å²) in [7, 11) is 0. The number of thiazole rings is 2. The van der Waals surface area contributed by atoms with Gasteiger partial charge in [-0.05, 0) is 6.92 Å². The molecule has 0 atom stereocenters. The zero-order chi connectivity index (χ0) is 11.4. The van der Waals surface area contributed by atoms with Crippen LogP contribution in [0.2, 0.25) is 4.34 Å². The fourth-order valence-corrected chi connectivity index (χ4v) is 2.98. The molecule has 2 heterocycles. The fourth-order valence-electron chi connectivity index (χ4n) is 1.28. The van der Waals surface area contributed by atoms with Gasteiger partial charge in [0.25, 0.3) is 0 Å². The molecule has 0 saturated carbocycles. The summed E-state index contributed by atoms with van der Waals surface area (Å²) < 4.78 is 0.743. The van der Waals surface area contributed by atoms with Crippen LogP contribution in [-0.2, 0) is 13.0 Å². The molecule has 16 heavy (non-hydrogen) atoms. The Hall–Kier alpha value is -0.490. The molecule has 2 rings (SSSR count). The first-order valence-electron chi connectivity index (χ1n) is 4.96. The van der Waals surface area contributed by atoms with Crippen LogP contribution >= 0.6 is 34.3 Å². The number of aryl methyl sites for hydroxylation is 1. The Labute approximate surface area is 108 Å². The van der Waals surface area contributed by atoms with Crippen LogP contribution in [0.5, 0.6) is 0 Å². The SMILES string of the molecule is Cc1csc(CCNCc2ncc(Cl)s2)n1. The Morgan fingerprint density at radius 1 is 1.44 bits per heavy atom. The van der Waals surface area contributed by atoms with Crippen LogP contribution in [0.25, 0.3) is 0 Å². The van der Waals surface area contributed by atoms with Crippen molar-refractivity contribution in [2.75, 3.05) is 6.54 Å². The summed E-state index contributed by atoms with van der Waals surface area (Å²) >= 11 is 9.02. The Morgan fingerprint density at radius 2 is 2.31 bits per heavy atom. The Morgan fingerprint density at radius 3 is 2.94 bits per heavy atom. The van der Waals surface area contributed by atoms with E-state index in [9.17, 15) is 0 Å². The number of hydrogen-bond donors (Lipinski definition) is 1. The number of rotatable bonds is 5. The van der Waals surface area contributed by atoms with Crippen molar-refractivity contribution in [1.82, 2.24) is 15.3 Å². The topological polar surface area (TPSA) is 37.8 Å². The van der Waals surface area contributed by atoms with E-state index in [0.717, 1.165) is 34.5 Å². The van der Waals surface area contributed by atoms with Crippen molar-refractivity contribution < 1.29 is 0 Å². The van der Waals surface area contributed by atoms with Crippen LogP contribution in [0.4, 0.5) is 0 Å². The average molecular weight is 274 g/mol. The number of hydrogen-bond acceptors (Lipinski definition) is 5. The number of aromatic nitrogens is 2. The molecule has 0 amide bonds. The smallest absolute Gasteiger partial charge is 0.113 e. The third kappa shape index (κ3) is 3.52. The van der Waals surface area contributed by atoms with Gasteiger partial charge >= 0.3 is 0 Å². The number of halogens is 1. The van der Waals surface area contributed by atoms with Crippen LogP contribution in [-0.4, -0.2) is 16.5 Å². The summed E-state index contributed by atoms with van der Waals surface area (Å²) in [6.45, 7) is 3.72. The Kier molecular flexibility index (Phi) is 4.29. The number of nitrogens with one attached hydrogen (secondary N) is 1. The monoisotopic (exact) mass is 273 g/mol. The van der Waals surface area contributed by atoms with Crippen LogP contribution in [0.3, 0.4) is 0 Å². The predicted octanol–water partition coefficient (Wildman–Crippen LogP) is 2.89. The van der Waals surface area contributed by atoms with E-state index in [2.05, 4.69) is 20.7 Å². The molecular formula is C10H12ClN3S2. The minimum absolute atomic E-state index is 0.743. The lowest BCUT2D eigenvalue weighted by molar-refractivity contribution is 0.682. The summed E-state index contributed by atoms with van der Waals surface area (Å²) in [5.74, 6) is 0. The quantitative estimate of drug-likeness (QED) is 0.852. The predicted molar refractivity (Wildman–Crippen MR) is 69.4 cm³/mol. The maximum absolute atomic E-state index is 5.79. The third-order valence-electron chi connectivity index (χ3n) is 1.98. The van der Waals surface area contributed by atoms with Crippen molar-refractivity contribution in [2.45, 2.75) is 19.9 Å². The standard InChI is InChI=1S/C10H12ClN3S2/c1-7-6-15-9(14-7)2-3-12-5-10-13-4-8(11)16-10/h4,6,12H,2-3,5H2,1H3. The molecule has 2 aromatic heterocycles. The van der Waals surface area contributed by atoms with Gasteiger partial charge in [-0.1, -0.05) is 11.6 Å². The molecule has 0 aliphatic heterocycles. The highest BCUT2D eigenvalue weighted by molar-refractivity contribution is 7.15. The summed E-state index contributed by atoms with van der Waals surface area (Å²) in [6, 6.07) is 0. The number of nitrogens with zero attached hydrogens (tertiary/aromatic N) is 2. The Balaban J connectivity index is 1.69. The fraction of sp³-hybridized carbons (Fsp3) is 0.400. The second-order valence-electron chi connectivity index (χ2n) is 3.37. The normalized spacial score (nSPS) is 10.9. The maximum Gasteiger partial charge on any atom is 0.113 e. The maximum atomic E-state index is 5.79. The van der Waals surface area contributed by atoms with Crippen molar-refractivity contribution in [3.05, 3.63) is 31.6 Å². The van der Waals surface area contributed by atoms with Crippen LogP contribution in [0.15, 0.2) is 11.6 Å². The highest BCUT2D eigenvalue weighted by Gasteiger charge is 2.00. The molecule has 0 radical (unpaired) electrons. The van der Waals surface area contributed by atoms with Gasteiger partial charge < -0.3 is 5.32 Å². The molecule has 6 heteroatoms. The molecule has 1 N–H and O–H groups in total. The van der Waals surface area contributed by atoms with Gasteiger partial charge in [-0.3, -0.25) is 0 Å². The molecule has 86 valence electrons. The second-order valence-corrected chi connectivity index (χ2v) is 6.06. The van der Waals surface area contributed by atoms with E-state index in [1.54, 1.807) is 17.5 Å². The van der Waals surface area contributed by atoms with Gasteiger partial charge in [-0.15, -0.1) is 22.7 Å². The Bertz CT molecular complexity index is 410. The lowest BCUT2D eigenvalue weighted by Crippen LogP contribution is -2.16. The molecule has 2 aromatic rings. The van der Waals surface area contributed by atoms with Gasteiger partial charge in [0.1, 0.15) is 9.34 Å². The molecule has 0 fully saturated rings. The lowest BCUT2D eigenvalue weighted by atomic mass is 10.4. The first-order chi connectivity index (χ1) is 7.74. The molecule has 0 saturated heterocycles. The van der Waals surface area contributed by atoms with Crippen molar-refractivity contribution in [3.8, 4) is 0 Å². The zero-order valence-corrected chi connectivity index (χ0v) is 11.3. The molecular weight excluding hydrogens is 262 g/mol. The third-order valence-corrected chi connectivity index (χ3v) is 4.13. The summed E-state index contributed by atoms with van der Waals surface area (Å²) in [6.07, 6.45) is 2.66. The van der Waals surface area contributed by atoms with Crippen LogP contribution in [0, 0.1) is 6.92 Å². The first kappa shape index (κ1) is 12.0. The minimum atomic E-state index is 0.743. The molecule has 0 spiro atoms. The van der Waals surface area contributed by atoms with Crippen molar-refractivity contribution in [3.63, 3.8) is 0 Å². The van der Waals surface area contributed by atoms with Crippen molar-refractivity contribution in [1.29, 1.82) is 0 Å². The molecule has 0 aliphatic rings. The second kappa shape index (κ2) is 5.72. The first-order valence-corrected chi connectivity index (χ1v) is 7.03. The molecule has 0 aromatic carbocycles. The van der Waals surface area contributed by atoms with Crippen LogP contribution < -0.4 is 5.32 Å². The highest BCUT2D eigenvalue weighted by atomic mass is 35.5. The lowest BCUT2D eigenvalue weighted by Gasteiger charge is -1.99.